The van der Waals surface area contributed by atoms with Gasteiger partial charge in [-0.15, -0.1) is 5.10 Å². The van der Waals surface area contributed by atoms with E-state index in [1.807, 2.05) is 6.92 Å². The highest BCUT2D eigenvalue weighted by Gasteiger charge is 2.55. The van der Waals surface area contributed by atoms with Gasteiger partial charge in [-0.05, 0) is 31.9 Å². The zero-order chi connectivity index (χ0) is 31.3. The number of aliphatic hydroxyl groups excluding tert-OH is 2. The monoisotopic (exact) mass is 634 g/mol. The molecule has 3 heterocycles. The molecule has 0 spiro atoms. The van der Waals surface area contributed by atoms with Gasteiger partial charge in [0.05, 0.1) is 35.9 Å². The summed E-state index contributed by atoms with van der Waals surface area (Å²) in [6, 6.07) is 0.627. The highest BCUT2D eigenvalue weighted by Crippen LogP contribution is 2.61. The zero-order valence-corrected chi connectivity index (χ0v) is 24.7. The Kier molecular flexibility index (Phi) is 8.93. The maximum Gasteiger partial charge on any atom is 0.248 e. The van der Waals surface area contributed by atoms with E-state index in [0.29, 0.717) is 23.4 Å². The number of rotatable bonds is 8. The number of aromatic nitrogens is 4. The molecule has 15 heteroatoms. The van der Waals surface area contributed by atoms with Crippen molar-refractivity contribution >= 4 is 10.9 Å². The second-order valence-corrected chi connectivity index (χ2v) is 13.9. The third-order valence-corrected chi connectivity index (χ3v) is 12.3. The lowest BCUT2D eigenvalue weighted by atomic mass is 9.79. The number of thiol groups is 1. The quantitative estimate of drug-likeness (QED) is 0.165. The number of halogens is 5. The van der Waals surface area contributed by atoms with Gasteiger partial charge >= 0.3 is 0 Å². The molecule has 3 aromatic rings. The van der Waals surface area contributed by atoms with Crippen LogP contribution in [0.25, 0.3) is 11.3 Å². The topological polar surface area (TPSA) is 127 Å². The molecule has 43 heavy (non-hydrogen) atoms. The molecule has 3 N–H and O–H groups in total. The Morgan fingerprint density at radius 3 is 2.37 bits per heavy atom. The van der Waals surface area contributed by atoms with E-state index in [1.54, 1.807) is 6.92 Å². The fourth-order valence-corrected chi connectivity index (χ4v) is 10.3. The second-order valence-electron chi connectivity index (χ2n) is 11.4. The minimum atomic E-state index is -2.92. The number of hydrogen-bond acceptors (Lipinski definition) is 8. The highest BCUT2D eigenvalue weighted by atomic mass is 32.2. The molecule has 1 aliphatic carbocycles. The maximum atomic E-state index is 14.2. The van der Waals surface area contributed by atoms with Crippen LogP contribution in [0, 0.1) is 24.4 Å². The van der Waals surface area contributed by atoms with Crippen LogP contribution in [0.1, 0.15) is 60.9 Å². The average Bonchev–Trinajstić information content (AvgIpc) is 3.60. The molecule has 2 aliphatic rings. The first-order valence-corrected chi connectivity index (χ1v) is 15.7. The molecule has 1 saturated heterocycles. The van der Waals surface area contributed by atoms with Gasteiger partial charge in [-0.25, -0.2) is 37.5 Å². The molecule has 9 nitrogen and oxygen atoms in total. The van der Waals surface area contributed by atoms with E-state index < -0.39 is 88.1 Å². The first kappa shape index (κ1) is 31.8. The van der Waals surface area contributed by atoms with E-state index in [1.165, 1.54) is 18.0 Å². The van der Waals surface area contributed by atoms with Crippen molar-refractivity contribution in [1.29, 1.82) is 0 Å². The molecule has 5 rings (SSSR count). The van der Waals surface area contributed by atoms with Crippen molar-refractivity contribution in [2.45, 2.75) is 86.2 Å². The van der Waals surface area contributed by atoms with Crippen molar-refractivity contribution in [3.63, 3.8) is 0 Å². The van der Waals surface area contributed by atoms with Crippen molar-refractivity contribution in [2.24, 2.45) is 0 Å². The van der Waals surface area contributed by atoms with Crippen molar-refractivity contribution < 1.29 is 46.5 Å². The standard InChI is InChI=1S/C28H35F5N4O5S/c1-4-19-14(2)23(35-42-19)26(27(40)5-7-28(32,33)8-6-27)43-13-20(41-3)24(25(39)21(43)12-38)37-11-18(34-36-37)15-9-16(29)22(31)17(30)10-15/h9-11,20-21,24-26,38-40,43H,4-8,12-13H2,1-3H3/t20-,21+,24+,25-,26+/m0/s1. The van der Waals surface area contributed by atoms with E-state index in [0.717, 1.165) is 12.1 Å². The normalized spacial score (nSPS) is 28.6. The lowest BCUT2D eigenvalue weighted by Crippen LogP contribution is -2.54. The molecule has 2 fully saturated rings. The predicted octanol–water partition coefficient (Wildman–Crippen LogP) is 4.20. The van der Waals surface area contributed by atoms with Crippen LogP contribution < -0.4 is 0 Å². The molecule has 0 radical (unpaired) electrons. The summed E-state index contributed by atoms with van der Waals surface area (Å²) in [4.78, 5) is 0. The van der Waals surface area contributed by atoms with Gasteiger partial charge in [0.2, 0.25) is 5.92 Å². The van der Waals surface area contributed by atoms with E-state index in [4.69, 9.17) is 9.26 Å². The van der Waals surface area contributed by atoms with Crippen molar-refractivity contribution in [3.8, 4) is 11.3 Å². The fourth-order valence-electron chi connectivity index (χ4n) is 6.41. The van der Waals surface area contributed by atoms with E-state index >= 15 is 0 Å². The van der Waals surface area contributed by atoms with Gasteiger partial charge in [0, 0.05) is 48.5 Å². The van der Waals surface area contributed by atoms with Crippen LogP contribution in [0.2, 0.25) is 0 Å². The fraction of sp³-hybridized carbons (Fsp3) is 0.607. The molecule has 0 amide bonds. The lowest BCUT2D eigenvalue weighted by molar-refractivity contribution is -0.105. The van der Waals surface area contributed by atoms with Gasteiger partial charge in [-0.1, -0.05) is 17.3 Å². The highest BCUT2D eigenvalue weighted by molar-refractivity contribution is 8.18. The molecule has 1 unspecified atom stereocenters. The second kappa shape index (κ2) is 12.1. The molecule has 6 atom stereocenters. The van der Waals surface area contributed by atoms with Gasteiger partial charge in [0.15, 0.2) is 17.5 Å². The Morgan fingerprint density at radius 2 is 1.81 bits per heavy atom. The van der Waals surface area contributed by atoms with Gasteiger partial charge in [-0.2, -0.15) is 0 Å². The van der Waals surface area contributed by atoms with Crippen molar-refractivity contribution in [3.05, 3.63) is 52.8 Å². The summed E-state index contributed by atoms with van der Waals surface area (Å²) in [6.45, 7) is 3.16. The van der Waals surface area contributed by atoms with Gasteiger partial charge in [0.25, 0.3) is 0 Å². The SMILES string of the molecule is CCc1onc([C@@H]([SH]2C[C@H](OC)[C@@H](n3cc(-c4cc(F)c(F)c(F)c4)nn3)[C@@H](O)[C@H]2CO)C2(O)CCC(F)(F)CC2)c1C. The van der Waals surface area contributed by atoms with Crippen molar-refractivity contribution in [1.82, 2.24) is 20.2 Å². The van der Waals surface area contributed by atoms with Gasteiger partial charge in [-0.3, -0.25) is 0 Å². The minimum absolute atomic E-state index is 0.00822. The van der Waals surface area contributed by atoms with Crippen LogP contribution >= 0.6 is 10.9 Å². The summed E-state index contributed by atoms with van der Waals surface area (Å²) in [5.74, 6) is -6.54. The number of nitrogens with zero attached hydrogens (tertiary/aromatic N) is 4. The van der Waals surface area contributed by atoms with Crippen LogP contribution in [-0.2, 0) is 11.2 Å². The van der Waals surface area contributed by atoms with E-state index in [9.17, 15) is 37.3 Å². The van der Waals surface area contributed by atoms with E-state index in [2.05, 4.69) is 15.5 Å². The number of ether oxygens (including phenoxy) is 1. The van der Waals surface area contributed by atoms with Crippen LogP contribution in [0.5, 0.6) is 0 Å². The number of aryl methyl sites for hydroxylation is 1. The lowest BCUT2D eigenvalue weighted by Gasteiger charge is -2.53. The van der Waals surface area contributed by atoms with Crippen LogP contribution in [-0.4, -0.2) is 83.9 Å². The molecule has 0 bridgehead atoms. The third kappa shape index (κ3) is 5.81. The van der Waals surface area contributed by atoms with Gasteiger partial charge < -0.3 is 24.6 Å². The summed E-state index contributed by atoms with van der Waals surface area (Å²) in [5, 5.41) is 44.9. The Bertz CT molecular complexity index is 1420. The molecular formula is C28H35F5N4O5S. The Morgan fingerprint density at radius 1 is 1.16 bits per heavy atom. The number of methoxy groups -OCH3 is 1. The third-order valence-electron chi connectivity index (χ3n) is 8.85. The number of hydrogen-bond donors (Lipinski definition) is 4. The maximum absolute atomic E-state index is 14.2. The molecule has 238 valence electrons. The van der Waals surface area contributed by atoms with Gasteiger partial charge in [0.1, 0.15) is 23.2 Å². The largest absolute Gasteiger partial charge is 0.395 e. The molecule has 1 saturated carbocycles. The smallest absolute Gasteiger partial charge is 0.248 e. The first-order valence-electron chi connectivity index (χ1n) is 14.0. The minimum Gasteiger partial charge on any atom is -0.395 e. The summed E-state index contributed by atoms with van der Waals surface area (Å²) in [7, 11) is -0.163. The Labute approximate surface area is 247 Å². The summed E-state index contributed by atoms with van der Waals surface area (Å²) in [6.07, 6.45) is -1.67. The summed E-state index contributed by atoms with van der Waals surface area (Å²) >= 11 is 0. The van der Waals surface area contributed by atoms with Crippen LogP contribution in [0.4, 0.5) is 22.0 Å². The number of alkyl halides is 2. The molecule has 2 aromatic heterocycles. The Balaban J connectivity index is 1.52. The van der Waals surface area contributed by atoms with E-state index in [-0.39, 0.29) is 29.9 Å². The molecular weight excluding hydrogens is 599 g/mol. The first-order chi connectivity index (χ1) is 20.3. The predicted molar refractivity (Wildman–Crippen MR) is 148 cm³/mol. The average molecular weight is 635 g/mol. The summed E-state index contributed by atoms with van der Waals surface area (Å²) < 4.78 is 82.3. The molecule has 1 aromatic carbocycles. The number of aliphatic hydroxyl groups is 3. The van der Waals surface area contributed by atoms with Crippen molar-refractivity contribution in [2.75, 3.05) is 19.5 Å². The van der Waals surface area contributed by atoms with Crippen LogP contribution in [0.3, 0.4) is 0 Å². The summed E-state index contributed by atoms with van der Waals surface area (Å²) in [5.41, 5.74) is -0.572. The number of benzene rings is 1. The zero-order valence-electron chi connectivity index (χ0n) is 23.9. The Hall–Kier alpha value is -2.59. The molecule has 1 aliphatic heterocycles. The van der Waals surface area contributed by atoms with Crippen LogP contribution in [0.15, 0.2) is 22.9 Å².